The number of nitrogens with zero attached hydrogens (tertiary/aromatic N) is 1. The van der Waals surface area contributed by atoms with Crippen molar-refractivity contribution in [3.05, 3.63) is 101 Å². The van der Waals surface area contributed by atoms with Gasteiger partial charge in [0, 0.05) is 34.7 Å². The molecule has 35 heavy (non-hydrogen) atoms. The number of hydrogen-bond donors (Lipinski definition) is 2. The number of benzene rings is 3. The van der Waals surface area contributed by atoms with Crippen molar-refractivity contribution in [1.82, 2.24) is 4.98 Å². The summed E-state index contributed by atoms with van der Waals surface area (Å²) in [5.74, 6) is -0.527. The second-order valence-corrected chi connectivity index (χ2v) is 9.63. The van der Waals surface area contributed by atoms with Gasteiger partial charge in [0.15, 0.2) is 0 Å². The van der Waals surface area contributed by atoms with E-state index in [4.69, 9.17) is 16.3 Å². The molecule has 0 saturated carbocycles. The predicted molar refractivity (Wildman–Crippen MR) is 139 cm³/mol. The van der Waals surface area contributed by atoms with Crippen LogP contribution in [0.2, 0.25) is 5.02 Å². The molecule has 4 rings (SSSR count). The number of nitrogens with one attached hydrogen (secondary N) is 2. The maximum atomic E-state index is 13.3. The summed E-state index contributed by atoms with van der Waals surface area (Å²) in [5, 5.41) is 5.09. The topological polar surface area (TPSA) is 97.4 Å². The normalized spacial score (nSPS) is 11.5. The standard InChI is InChI=1S/C26H22ClN3O4S/c1-34-26(31)19-9-12-23(24(16-19)29-14-3-4-18-7-10-21(27)11-8-18)30-35(32,33)25-6-2-5-20-17-28-15-13-22(20)25/h2-13,15-17,29-30H,14H2,1H3. The van der Waals surface area contributed by atoms with Crippen LogP contribution in [0.5, 0.6) is 0 Å². The van der Waals surface area contributed by atoms with Crippen molar-refractivity contribution in [2.75, 3.05) is 23.7 Å². The van der Waals surface area contributed by atoms with Crippen molar-refractivity contribution >= 4 is 55.8 Å². The van der Waals surface area contributed by atoms with E-state index in [1.54, 1.807) is 48.8 Å². The number of hydrogen-bond acceptors (Lipinski definition) is 6. The number of carbonyl (C=O) groups is 1. The van der Waals surface area contributed by atoms with Crippen LogP contribution in [0.3, 0.4) is 0 Å². The van der Waals surface area contributed by atoms with Crippen LogP contribution < -0.4 is 10.0 Å². The van der Waals surface area contributed by atoms with Gasteiger partial charge in [0.2, 0.25) is 0 Å². The third kappa shape index (κ3) is 5.79. The quantitative estimate of drug-likeness (QED) is 0.301. The average Bonchev–Trinajstić information content (AvgIpc) is 2.87. The van der Waals surface area contributed by atoms with Crippen LogP contribution in [0.15, 0.2) is 90.1 Å². The van der Waals surface area contributed by atoms with Gasteiger partial charge in [0.1, 0.15) is 0 Å². The van der Waals surface area contributed by atoms with Crippen LogP contribution in [-0.4, -0.2) is 33.0 Å². The van der Waals surface area contributed by atoms with E-state index in [0.717, 1.165) is 5.56 Å². The largest absolute Gasteiger partial charge is 0.465 e. The van der Waals surface area contributed by atoms with Gasteiger partial charge in [-0.1, -0.05) is 48.0 Å². The Bertz CT molecular complexity index is 1500. The van der Waals surface area contributed by atoms with Gasteiger partial charge < -0.3 is 10.1 Å². The number of ether oxygens (including phenoxy) is 1. The summed E-state index contributed by atoms with van der Waals surface area (Å²) < 4.78 is 34.1. The molecule has 0 fully saturated rings. The fraction of sp³-hybridized carbons (Fsp3) is 0.0769. The highest BCUT2D eigenvalue weighted by Crippen LogP contribution is 2.29. The molecule has 0 aliphatic rings. The highest BCUT2D eigenvalue weighted by molar-refractivity contribution is 7.93. The predicted octanol–water partition coefficient (Wildman–Crippen LogP) is 5.60. The van der Waals surface area contributed by atoms with Crippen molar-refractivity contribution in [2.45, 2.75) is 4.90 Å². The average molecular weight is 508 g/mol. The first-order chi connectivity index (χ1) is 16.9. The second-order valence-electron chi connectivity index (χ2n) is 7.55. The van der Waals surface area contributed by atoms with Gasteiger partial charge in [-0.15, -0.1) is 0 Å². The third-order valence-corrected chi connectivity index (χ3v) is 6.88. The minimum absolute atomic E-state index is 0.128. The number of fused-ring (bicyclic) bond motifs is 1. The molecular formula is C26H22ClN3O4S. The molecule has 0 aliphatic heterocycles. The van der Waals surface area contributed by atoms with E-state index >= 15 is 0 Å². The van der Waals surface area contributed by atoms with Crippen molar-refractivity contribution in [3.63, 3.8) is 0 Å². The first-order valence-electron chi connectivity index (χ1n) is 10.6. The molecule has 0 spiro atoms. The summed E-state index contributed by atoms with van der Waals surface area (Å²) in [4.78, 5) is 16.2. The van der Waals surface area contributed by atoms with Gasteiger partial charge in [-0.25, -0.2) is 13.2 Å². The van der Waals surface area contributed by atoms with Gasteiger partial charge in [0.05, 0.1) is 28.9 Å². The molecule has 4 aromatic rings. The Balaban J connectivity index is 1.62. The summed E-state index contributed by atoms with van der Waals surface area (Å²) in [7, 11) is -2.66. The molecule has 0 saturated heterocycles. The molecule has 0 aliphatic carbocycles. The van der Waals surface area contributed by atoms with Crippen LogP contribution in [0.25, 0.3) is 16.8 Å². The summed E-state index contributed by atoms with van der Waals surface area (Å²) >= 11 is 5.92. The van der Waals surface area contributed by atoms with E-state index in [1.165, 1.54) is 25.3 Å². The van der Waals surface area contributed by atoms with E-state index in [1.807, 2.05) is 24.3 Å². The monoisotopic (exact) mass is 507 g/mol. The molecule has 0 radical (unpaired) electrons. The molecule has 0 unspecified atom stereocenters. The number of pyridine rings is 1. The number of anilines is 2. The first kappa shape index (κ1) is 24.3. The fourth-order valence-electron chi connectivity index (χ4n) is 3.49. The van der Waals surface area contributed by atoms with E-state index in [-0.39, 0.29) is 10.5 Å². The number of esters is 1. The lowest BCUT2D eigenvalue weighted by atomic mass is 10.1. The Labute approximate surface area is 208 Å². The Hall–Kier alpha value is -3.88. The SMILES string of the molecule is COC(=O)c1ccc(NS(=O)(=O)c2cccc3cnccc23)c(NCC=Cc2ccc(Cl)cc2)c1. The maximum Gasteiger partial charge on any atom is 0.337 e. The number of aromatic nitrogens is 1. The lowest BCUT2D eigenvalue weighted by Gasteiger charge is -2.15. The number of rotatable bonds is 8. The molecule has 9 heteroatoms. The van der Waals surface area contributed by atoms with Crippen molar-refractivity contribution in [1.29, 1.82) is 0 Å². The highest BCUT2D eigenvalue weighted by Gasteiger charge is 2.20. The molecule has 7 nitrogen and oxygen atoms in total. The number of halogens is 1. The molecule has 0 bridgehead atoms. The minimum Gasteiger partial charge on any atom is -0.465 e. The number of sulfonamides is 1. The van der Waals surface area contributed by atoms with Crippen molar-refractivity contribution in [2.24, 2.45) is 0 Å². The smallest absolute Gasteiger partial charge is 0.337 e. The fourth-order valence-corrected chi connectivity index (χ4v) is 4.93. The number of carbonyl (C=O) groups excluding carboxylic acids is 1. The van der Waals surface area contributed by atoms with Crippen LogP contribution in [0.4, 0.5) is 11.4 Å². The van der Waals surface area contributed by atoms with Crippen LogP contribution in [0, 0.1) is 0 Å². The Morgan fingerprint density at radius 3 is 2.63 bits per heavy atom. The number of methoxy groups -OCH3 is 1. The van der Waals surface area contributed by atoms with Crippen molar-refractivity contribution < 1.29 is 17.9 Å². The molecule has 0 amide bonds. The molecule has 3 aromatic carbocycles. The Morgan fingerprint density at radius 1 is 1.06 bits per heavy atom. The summed E-state index contributed by atoms with van der Waals surface area (Å²) in [5.41, 5.74) is 1.98. The first-order valence-corrected chi connectivity index (χ1v) is 12.5. The zero-order valence-electron chi connectivity index (χ0n) is 18.7. The van der Waals surface area contributed by atoms with Gasteiger partial charge in [-0.05, 0) is 48.0 Å². The zero-order chi connectivity index (χ0) is 24.8. The van der Waals surface area contributed by atoms with E-state index < -0.39 is 16.0 Å². The van der Waals surface area contributed by atoms with E-state index in [0.29, 0.717) is 33.7 Å². The lowest BCUT2D eigenvalue weighted by molar-refractivity contribution is 0.0601. The highest BCUT2D eigenvalue weighted by atomic mass is 35.5. The minimum atomic E-state index is -3.94. The molecule has 0 atom stereocenters. The summed E-state index contributed by atoms with van der Waals surface area (Å²) in [6.45, 7) is 0.377. The molecule has 2 N–H and O–H groups in total. The lowest BCUT2D eigenvalue weighted by Crippen LogP contribution is -2.15. The second kappa shape index (κ2) is 10.6. The molecule has 1 heterocycles. The van der Waals surface area contributed by atoms with Crippen molar-refractivity contribution in [3.8, 4) is 0 Å². The van der Waals surface area contributed by atoms with Crippen LogP contribution in [0.1, 0.15) is 15.9 Å². The van der Waals surface area contributed by atoms with Gasteiger partial charge in [-0.2, -0.15) is 0 Å². The van der Waals surface area contributed by atoms with Gasteiger partial charge in [-0.3, -0.25) is 9.71 Å². The Kier molecular flexibility index (Phi) is 7.33. The van der Waals surface area contributed by atoms with Gasteiger partial charge >= 0.3 is 5.97 Å². The summed E-state index contributed by atoms with van der Waals surface area (Å²) in [6, 6.07) is 18.6. The van der Waals surface area contributed by atoms with E-state index in [2.05, 4.69) is 15.0 Å². The Morgan fingerprint density at radius 2 is 1.86 bits per heavy atom. The summed E-state index contributed by atoms with van der Waals surface area (Å²) in [6.07, 6.45) is 6.94. The maximum absolute atomic E-state index is 13.3. The zero-order valence-corrected chi connectivity index (χ0v) is 20.3. The molecular weight excluding hydrogens is 486 g/mol. The van der Waals surface area contributed by atoms with Gasteiger partial charge in [0.25, 0.3) is 10.0 Å². The van der Waals surface area contributed by atoms with Crippen LogP contribution >= 0.6 is 11.6 Å². The van der Waals surface area contributed by atoms with Crippen LogP contribution in [-0.2, 0) is 14.8 Å². The van der Waals surface area contributed by atoms with E-state index in [9.17, 15) is 13.2 Å². The third-order valence-electron chi connectivity index (χ3n) is 5.21. The molecule has 1 aromatic heterocycles. The molecule has 178 valence electrons.